The molecule has 0 bridgehead atoms. The Hall–Kier alpha value is -5.76. The smallest absolute Gasteiger partial charge is 0.151 e. The maximum absolute atomic E-state index is 6.47. The van der Waals surface area contributed by atoms with Gasteiger partial charge in [0.25, 0.3) is 0 Å². The van der Waals surface area contributed by atoms with E-state index in [9.17, 15) is 0 Å². The summed E-state index contributed by atoms with van der Waals surface area (Å²) in [5.74, 6) is 4.90. The Balaban J connectivity index is 1.28. The Morgan fingerprint density at radius 3 is 1.04 bits per heavy atom. The number of nitrogens with zero attached hydrogens (tertiary/aromatic N) is 6. The molecule has 6 aromatic rings. The van der Waals surface area contributed by atoms with E-state index < -0.39 is 0 Å². The van der Waals surface area contributed by atoms with Gasteiger partial charge in [-0.25, -0.2) is 19.9 Å². The van der Waals surface area contributed by atoms with Crippen LogP contribution in [-0.2, 0) is 0 Å². The van der Waals surface area contributed by atoms with Gasteiger partial charge in [-0.2, -0.15) is 0 Å². The molecule has 1 aliphatic carbocycles. The van der Waals surface area contributed by atoms with Crippen LogP contribution in [0, 0.1) is 0 Å². The van der Waals surface area contributed by atoms with Crippen LogP contribution in [0.3, 0.4) is 0 Å². The van der Waals surface area contributed by atoms with Gasteiger partial charge in [-0.3, -0.25) is 0 Å². The fourth-order valence-corrected chi connectivity index (χ4v) is 7.47. The van der Waals surface area contributed by atoms with Crippen molar-refractivity contribution < 1.29 is 9.47 Å². The highest BCUT2D eigenvalue weighted by Crippen LogP contribution is 2.56. The second kappa shape index (κ2) is 11.0. The van der Waals surface area contributed by atoms with E-state index in [-0.39, 0.29) is 23.9 Å². The minimum atomic E-state index is -0.0291. The second-order valence-electron chi connectivity index (χ2n) is 11.8. The predicted octanol–water partition coefficient (Wildman–Crippen LogP) is 8.55. The Bertz CT molecular complexity index is 1790. The van der Waals surface area contributed by atoms with Crippen molar-refractivity contribution in [3.8, 4) is 23.0 Å². The van der Waals surface area contributed by atoms with Gasteiger partial charge in [-0.15, -0.1) is 0 Å². The summed E-state index contributed by atoms with van der Waals surface area (Å²) in [7, 11) is 0. The number of hydrogen-bond acceptors (Lipinski definition) is 8. The van der Waals surface area contributed by atoms with E-state index in [2.05, 4.69) is 58.3 Å². The van der Waals surface area contributed by atoms with Crippen LogP contribution in [0.5, 0.6) is 23.0 Å². The first-order chi connectivity index (χ1) is 22.8. The van der Waals surface area contributed by atoms with Crippen molar-refractivity contribution >= 4 is 22.7 Å². The van der Waals surface area contributed by atoms with E-state index in [4.69, 9.17) is 29.4 Å². The minimum Gasteiger partial charge on any atom is -0.453 e. The van der Waals surface area contributed by atoms with Crippen molar-refractivity contribution in [1.29, 1.82) is 0 Å². The van der Waals surface area contributed by atoms with Gasteiger partial charge in [0.15, 0.2) is 23.0 Å². The molecule has 0 amide bonds. The molecule has 0 spiro atoms. The molecule has 4 unspecified atom stereocenters. The molecule has 224 valence electrons. The van der Waals surface area contributed by atoms with Gasteiger partial charge in [0.05, 0.1) is 34.8 Å². The summed E-state index contributed by atoms with van der Waals surface area (Å²) in [6.07, 6.45) is 8.84. The standard InChI is InChI=1S/C38H30N6O2/c1-5-15-33-27(11-1)43(28-12-2-6-16-34(28)45-33)31-23-25(37-39-19-9-20-40-37)26(38-41-21-10-22-42-38)24-32(31)44-29-13-3-7-17-35(29)46-36-18-8-4-14-30(36)44/h1-22,25-26,31-32H,23-24H2. The van der Waals surface area contributed by atoms with Crippen LogP contribution in [-0.4, -0.2) is 32.0 Å². The number of hydrogen-bond donors (Lipinski definition) is 0. The first-order valence-electron chi connectivity index (χ1n) is 15.7. The van der Waals surface area contributed by atoms with Gasteiger partial charge in [0.2, 0.25) is 0 Å². The summed E-state index contributed by atoms with van der Waals surface area (Å²) < 4.78 is 12.9. The normalized spacial score (nSPS) is 21.1. The van der Waals surface area contributed by atoms with Crippen LogP contribution in [0.4, 0.5) is 22.7 Å². The quantitative estimate of drug-likeness (QED) is 0.199. The van der Waals surface area contributed by atoms with Gasteiger partial charge in [0.1, 0.15) is 11.6 Å². The van der Waals surface area contributed by atoms with E-state index in [0.29, 0.717) is 0 Å². The zero-order valence-corrected chi connectivity index (χ0v) is 24.9. The summed E-state index contributed by atoms with van der Waals surface area (Å²) in [5, 5.41) is 0. The zero-order valence-electron chi connectivity index (χ0n) is 24.9. The fourth-order valence-electron chi connectivity index (χ4n) is 7.47. The van der Waals surface area contributed by atoms with Crippen LogP contribution in [0.2, 0.25) is 0 Å². The molecule has 2 aliphatic heterocycles. The second-order valence-corrected chi connectivity index (χ2v) is 11.8. The fraction of sp³-hybridized carbons (Fsp3) is 0.158. The number of para-hydroxylation sites is 8. The predicted molar refractivity (Wildman–Crippen MR) is 177 cm³/mol. The lowest BCUT2D eigenvalue weighted by molar-refractivity contribution is 0.283. The van der Waals surface area contributed by atoms with Crippen molar-refractivity contribution in [3.05, 3.63) is 146 Å². The van der Waals surface area contributed by atoms with Crippen LogP contribution < -0.4 is 19.3 Å². The number of anilines is 4. The van der Waals surface area contributed by atoms with Gasteiger partial charge in [0, 0.05) is 36.6 Å². The number of aromatic nitrogens is 4. The summed E-state index contributed by atoms with van der Waals surface area (Å²) >= 11 is 0. The van der Waals surface area contributed by atoms with Crippen molar-refractivity contribution in [2.75, 3.05) is 9.80 Å². The third-order valence-corrected chi connectivity index (χ3v) is 9.36. The highest BCUT2D eigenvalue weighted by Gasteiger charge is 2.49. The Morgan fingerprint density at radius 2 is 0.717 bits per heavy atom. The van der Waals surface area contributed by atoms with E-state index >= 15 is 0 Å². The lowest BCUT2D eigenvalue weighted by Gasteiger charge is -2.52. The molecule has 9 rings (SSSR count). The molecule has 4 aromatic carbocycles. The molecule has 2 aromatic heterocycles. The van der Waals surface area contributed by atoms with Gasteiger partial charge in [-0.05, 0) is 73.5 Å². The van der Waals surface area contributed by atoms with Crippen LogP contribution in [0.1, 0.15) is 36.3 Å². The largest absolute Gasteiger partial charge is 0.453 e. The van der Waals surface area contributed by atoms with Crippen molar-refractivity contribution in [2.45, 2.75) is 36.8 Å². The highest BCUT2D eigenvalue weighted by atomic mass is 16.5. The van der Waals surface area contributed by atoms with E-state index in [0.717, 1.165) is 70.2 Å². The average molecular weight is 603 g/mol. The number of fused-ring (bicyclic) bond motifs is 4. The molecule has 0 N–H and O–H groups in total. The van der Waals surface area contributed by atoms with Crippen LogP contribution in [0.15, 0.2) is 134 Å². The highest BCUT2D eigenvalue weighted by molar-refractivity contribution is 5.82. The molecule has 8 heteroatoms. The third-order valence-electron chi connectivity index (χ3n) is 9.36. The van der Waals surface area contributed by atoms with E-state index in [1.165, 1.54) is 0 Å². The molecular weight excluding hydrogens is 572 g/mol. The SMILES string of the molecule is c1cnc(C2CC(N3c4ccccc4Oc4ccccc43)C(N3c4ccccc4Oc4ccccc43)CC2c2ncccn2)nc1. The summed E-state index contributed by atoms with van der Waals surface area (Å²) in [6, 6.07) is 37.0. The van der Waals surface area contributed by atoms with Crippen LogP contribution in [0.25, 0.3) is 0 Å². The van der Waals surface area contributed by atoms with Crippen molar-refractivity contribution in [1.82, 2.24) is 19.9 Å². The van der Waals surface area contributed by atoms with Gasteiger partial charge < -0.3 is 19.3 Å². The lowest BCUT2D eigenvalue weighted by atomic mass is 9.71. The van der Waals surface area contributed by atoms with Gasteiger partial charge >= 0.3 is 0 Å². The Morgan fingerprint density at radius 1 is 0.413 bits per heavy atom. The monoisotopic (exact) mass is 602 g/mol. The van der Waals surface area contributed by atoms with Gasteiger partial charge in [-0.1, -0.05) is 48.5 Å². The molecule has 46 heavy (non-hydrogen) atoms. The lowest BCUT2D eigenvalue weighted by Crippen LogP contribution is -2.55. The number of benzene rings is 4. The van der Waals surface area contributed by atoms with E-state index in [1.807, 2.05) is 85.5 Å². The molecule has 1 fully saturated rings. The third kappa shape index (κ3) is 4.36. The topological polar surface area (TPSA) is 76.5 Å². The van der Waals surface area contributed by atoms with E-state index in [1.54, 1.807) is 0 Å². The molecule has 4 heterocycles. The molecule has 3 aliphatic rings. The summed E-state index contributed by atoms with van der Waals surface area (Å²) in [5.41, 5.74) is 4.14. The molecular formula is C38H30N6O2. The van der Waals surface area contributed by atoms with Crippen molar-refractivity contribution in [3.63, 3.8) is 0 Å². The summed E-state index contributed by atoms with van der Waals surface area (Å²) in [6.45, 7) is 0. The first-order valence-corrected chi connectivity index (χ1v) is 15.7. The average Bonchev–Trinajstić information content (AvgIpc) is 3.13. The molecule has 0 saturated heterocycles. The molecule has 0 radical (unpaired) electrons. The minimum absolute atomic E-state index is 0.0285. The molecule has 8 nitrogen and oxygen atoms in total. The Kier molecular flexibility index (Phi) is 6.36. The maximum atomic E-state index is 6.47. The van der Waals surface area contributed by atoms with Crippen molar-refractivity contribution in [2.24, 2.45) is 0 Å². The number of ether oxygens (including phenoxy) is 2. The number of rotatable bonds is 4. The maximum Gasteiger partial charge on any atom is 0.151 e. The molecule has 1 saturated carbocycles. The van der Waals surface area contributed by atoms with Crippen LogP contribution >= 0.6 is 0 Å². The first kappa shape index (κ1) is 26.6. The zero-order chi connectivity index (χ0) is 30.5. The Labute approximate surface area is 267 Å². The molecule has 4 atom stereocenters. The summed E-state index contributed by atoms with van der Waals surface area (Å²) in [4.78, 5) is 24.2.